The van der Waals surface area contributed by atoms with Gasteiger partial charge in [0.1, 0.15) is 0 Å². The molecular weight excluding hydrogens is 265 g/mol. The fourth-order valence-electron chi connectivity index (χ4n) is 2.50. The summed E-state index contributed by atoms with van der Waals surface area (Å²) in [6, 6.07) is 15.9. The molecule has 0 aliphatic carbocycles. The first-order valence-electron chi connectivity index (χ1n) is 7.23. The van der Waals surface area contributed by atoms with Gasteiger partial charge in [0, 0.05) is 12.1 Å². The van der Waals surface area contributed by atoms with Crippen molar-refractivity contribution >= 4 is 0 Å². The van der Waals surface area contributed by atoms with E-state index in [9.17, 15) is 4.39 Å². The number of hydrogen-bond donors (Lipinski definition) is 1. The third-order valence-corrected chi connectivity index (χ3v) is 3.59. The maximum Gasteiger partial charge on any atom is 0.165 e. The van der Waals surface area contributed by atoms with E-state index in [4.69, 9.17) is 4.74 Å². The Morgan fingerprint density at radius 2 is 1.81 bits per heavy atom. The summed E-state index contributed by atoms with van der Waals surface area (Å²) < 4.78 is 18.5. The summed E-state index contributed by atoms with van der Waals surface area (Å²) in [6.07, 6.45) is 0.962. The molecule has 2 aromatic rings. The van der Waals surface area contributed by atoms with Gasteiger partial charge in [-0.2, -0.15) is 0 Å². The van der Waals surface area contributed by atoms with Crippen molar-refractivity contribution in [2.24, 2.45) is 0 Å². The van der Waals surface area contributed by atoms with Gasteiger partial charge in [0.05, 0.1) is 7.11 Å². The second-order valence-electron chi connectivity index (χ2n) is 5.37. The zero-order chi connectivity index (χ0) is 15.2. The smallest absolute Gasteiger partial charge is 0.165 e. The van der Waals surface area contributed by atoms with Crippen LogP contribution >= 0.6 is 0 Å². The highest BCUT2D eigenvalue weighted by Crippen LogP contribution is 2.23. The van der Waals surface area contributed by atoms with Crippen LogP contribution in [0.4, 0.5) is 4.39 Å². The molecule has 0 aliphatic rings. The lowest BCUT2D eigenvalue weighted by Gasteiger charge is -2.21. The number of methoxy groups -OCH3 is 1. The van der Waals surface area contributed by atoms with Crippen LogP contribution < -0.4 is 10.1 Å². The van der Waals surface area contributed by atoms with E-state index in [1.165, 1.54) is 18.7 Å². The van der Waals surface area contributed by atoms with Crippen LogP contribution in [0.15, 0.2) is 48.5 Å². The molecule has 0 aromatic heterocycles. The predicted molar refractivity (Wildman–Crippen MR) is 84.1 cm³/mol. The second-order valence-corrected chi connectivity index (χ2v) is 5.37. The van der Waals surface area contributed by atoms with Gasteiger partial charge >= 0.3 is 0 Å². The van der Waals surface area contributed by atoms with Gasteiger partial charge < -0.3 is 10.1 Å². The fourth-order valence-corrected chi connectivity index (χ4v) is 2.50. The SMILES string of the molecule is COc1cc(C(C)NC(C)Cc2ccccc2)ccc1F. The molecule has 3 heteroatoms. The van der Waals surface area contributed by atoms with Crippen LogP contribution in [-0.4, -0.2) is 13.2 Å². The topological polar surface area (TPSA) is 21.3 Å². The van der Waals surface area contributed by atoms with Crippen molar-refractivity contribution in [1.82, 2.24) is 5.32 Å². The average Bonchev–Trinajstić information content (AvgIpc) is 2.48. The Bertz CT molecular complexity index is 571. The van der Waals surface area contributed by atoms with Crippen molar-refractivity contribution in [2.45, 2.75) is 32.4 Å². The molecule has 0 radical (unpaired) electrons. The Labute approximate surface area is 126 Å². The van der Waals surface area contributed by atoms with Gasteiger partial charge in [-0.25, -0.2) is 4.39 Å². The molecule has 2 nitrogen and oxygen atoms in total. The molecule has 0 amide bonds. The lowest BCUT2D eigenvalue weighted by Crippen LogP contribution is -2.30. The first-order chi connectivity index (χ1) is 10.1. The van der Waals surface area contributed by atoms with E-state index in [1.807, 2.05) is 6.07 Å². The van der Waals surface area contributed by atoms with Crippen molar-refractivity contribution in [3.8, 4) is 5.75 Å². The van der Waals surface area contributed by atoms with Crippen LogP contribution in [0.1, 0.15) is 31.0 Å². The van der Waals surface area contributed by atoms with Gasteiger partial charge in [0.15, 0.2) is 11.6 Å². The Hall–Kier alpha value is -1.87. The maximum absolute atomic E-state index is 13.4. The van der Waals surface area contributed by atoms with Gasteiger partial charge in [0.25, 0.3) is 0 Å². The van der Waals surface area contributed by atoms with Crippen LogP contribution in [-0.2, 0) is 6.42 Å². The zero-order valence-electron chi connectivity index (χ0n) is 12.8. The molecule has 2 aromatic carbocycles. The molecule has 2 atom stereocenters. The molecule has 0 aliphatic heterocycles. The molecule has 1 N–H and O–H groups in total. The number of hydrogen-bond acceptors (Lipinski definition) is 2. The fraction of sp³-hybridized carbons (Fsp3) is 0.333. The molecule has 0 fully saturated rings. The molecule has 112 valence electrons. The highest BCUT2D eigenvalue weighted by atomic mass is 19.1. The number of benzene rings is 2. The predicted octanol–water partition coefficient (Wildman–Crippen LogP) is 4.12. The van der Waals surface area contributed by atoms with Crippen molar-refractivity contribution in [2.75, 3.05) is 7.11 Å². The molecule has 0 saturated heterocycles. The molecule has 0 spiro atoms. The Morgan fingerprint density at radius 1 is 1.10 bits per heavy atom. The van der Waals surface area contributed by atoms with Gasteiger partial charge in [-0.1, -0.05) is 36.4 Å². The van der Waals surface area contributed by atoms with Crippen molar-refractivity contribution in [3.05, 3.63) is 65.5 Å². The number of nitrogens with one attached hydrogen (secondary N) is 1. The monoisotopic (exact) mass is 287 g/mol. The first-order valence-corrected chi connectivity index (χ1v) is 7.23. The van der Waals surface area contributed by atoms with E-state index in [1.54, 1.807) is 12.1 Å². The van der Waals surface area contributed by atoms with E-state index in [2.05, 4.69) is 43.4 Å². The highest BCUT2D eigenvalue weighted by Gasteiger charge is 2.12. The summed E-state index contributed by atoms with van der Waals surface area (Å²) in [5.41, 5.74) is 2.33. The highest BCUT2D eigenvalue weighted by molar-refractivity contribution is 5.32. The lowest BCUT2D eigenvalue weighted by molar-refractivity contribution is 0.384. The Morgan fingerprint density at radius 3 is 2.48 bits per heavy atom. The van der Waals surface area contributed by atoms with Crippen molar-refractivity contribution in [1.29, 1.82) is 0 Å². The van der Waals surface area contributed by atoms with Gasteiger partial charge in [-0.15, -0.1) is 0 Å². The van der Waals surface area contributed by atoms with Gasteiger partial charge in [-0.05, 0) is 43.5 Å². The van der Waals surface area contributed by atoms with Crippen molar-refractivity contribution in [3.63, 3.8) is 0 Å². The molecule has 2 unspecified atom stereocenters. The number of rotatable bonds is 6. The van der Waals surface area contributed by atoms with Crippen LogP contribution in [0.25, 0.3) is 0 Å². The summed E-state index contributed by atoms with van der Waals surface area (Å²) in [5.74, 6) is -0.0392. The largest absolute Gasteiger partial charge is 0.494 e. The minimum atomic E-state index is -0.328. The van der Waals surface area contributed by atoms with Crippen LogP contribution in [0, 0.1) is 5.82 Å². The molecule has 21 heavy (non-hydrogen) atoms. The minimum Gasteiger partial charge on any atom is -0.494 e. The third kappa shape index (κ3) is 4.30. The van der Waals surface area contributed by atoms with Crippen LogP contribution in [0.2, 0.25) is 0 Å². The Balaban J connectivity index is 1.99. The van der Waals surface area contributed by atoms with Crippen LogP contribution in [0.5, 0.6) is 5.75 Å². The van der Waals surface area contributed by atoms with E-state index < -0.39 is 0 Å². The van der Waals surface area contributed by atoms with E-state index >= 15 is 0 Å². The molecular formula is C18H22FNO. The second kappa shape index (κ2) is 7.23. The summed E-state index contributed by atoms with van der Waals surface area (Å²) in [5, 5.41) is 3.54. The maximum atomic E-state index is 13.4. The quantitative estimate of drug-likeness (QED) is 0.863. The average molecular weight is 287 g/mol. The number of halogens is 1. The summed E-state index contributed by atoms with van der Waals surface area (Å²) in [7, 11) is 1.48. The van der Waals surface area contributed by atoms with E-state index in [-0.39, 0.29) is 17.6 Å². The minimum absolute atomic E-state index is 0.137. The zero-order valence-corrected chi connectivity index (χ0v) is 12.8. The number of ether oxygens (including phenoxy) is 1. The van der Waals surface area contributed by atoms with Gasteiger partial charge in [0.2, 0.25) is 0 Å². The van der Waals surface area contributed by atoms with E-state index in [0.717, 1.165) is 12.0 Å². The summed E-state index contributed by atoms with van der Waals surface area (Å²) in [6.45, 7) is 4.23. The molecule has 2 rings (SSSR count). The standard InChI is InChI=1S/C18H22FNO/c1-13(11-15-7-5-4-6-8-15)20-14(2)16-9-10-17(19)18(12-16)21-3/h4-10,12-14,20H,11H2,1-3H3. The summed E-state index contributed by atoms with van der Waals surface area (Å²) in [4.78, 5) is 0. The van der Waals surface area contributed by atoms with E-state index in [0.29, 0.717) is 6.04 Å². The Kier molecular flexibility index (Phi) is 5.34. The molecule has 0 heterocycles. The molecule has 0 saturated carbocycles. The first kappa shape index (κ1) is 15.5. The lowest BCUT2D eigenvalue weighted by atomic mass is 10.0. The normalized spacial score (nSPS) is 13.7. The molecule has 0 bridgehead atoms. The third-order valence-electron chi connectivity index (χ3n) is 3.59. The van der Waals surface area contributed by atoms with Crippen LogP contribution in [0.3, 0.4) is 0 Å². The van der Waals surface area contributed by atoms with Crippen molar-refractivity contribution < 1.29 is 9.13 Å². The summed E-state index contributed by atoms with van der Waals surface area (Å²) >= 11 is 0. The van der Waals surface area contributed by atoms with Gasteiger partial charge in [-0.3, -0.25) is 0 Å².